The number of fused-ring (bicyclic) bond motifs is 1. The molecule has 0 aliphatic rings. The van der Waals surface area contributed by atoms with E-state index in [1.807, 2.05) is 30.3 Å². The number of hydrogen-bond donors (Lipinski definition) is 2. The standard InChI is InChI=1S/C37H43N3O/c1-22(2)25-16-12-17-26(23(3)4)33(25)38-31-20-24(5)21-32-34(31)39-36(40(32)9)29-15-11-10-14-27(29)28-18-13-19-30(35(28)41)37(6,7)8/h10-23,38,41H,1-9H3. The number of phenols is 1. The summed E-state index contributed by atoms with van der Waals surface area (Å²) in [6.07, 6.45) is 0. The zero-order valence-corrected chi connectivity index (χ0v) is 25.9. The van der Waals surface area contributed by atoms with Gasteiger partial charge in [0.1, 0.15) is 17.1 Å². The first-order chi connectivity index (χ1) is 19.4. The number of aryl methyl sites for hydroxylation is 2. The molecule has 5 aromatic rings. The van der Waals surface area contributed by atoms with E-state index in [0.717, 1.165) is 44.8 Å². The maximum Gasteiger partial charge on any atom is 0.141 e. The van der Waals surface area contributed by atoms with E-state index in [0.29, 0.717) is 17.6 Å². The summed E-state index contributed by atoms with van der Waals surface area (Å²) < 4.78 is 2.18. The predicted octanol–water partition coefficient (Wildman–Crippen LogP) is 10.2. The monoisotopic (exact) mass is 545 g/mol. The van der Waals surface area contributed by atoms with Crippen LogP contribution in [0.15, 0.2) is 72.8 Å². The highest BCUT2D eigenvalue weighted by molar-refractivity contribution is 5.96. The van der Waals surface area contributed by atoms with Crippen molar-refractivity contribution in [3.63, 3.8) is 0 Å². The van der Waals surface area contributed by atoms with Crippen LogP contribution in [0, 0.1) is 6.92 Å². The molecule has 4 heteroatoms. The number of benzene rings is 4. The summed E-state index contributed by atoms with van der Waals surface area (Å²) in [6.45, 7) is 17.5. The molecule has 0 amide bonds. The largest absolute Gasteiger partial charge is 0.507 e. The highest BCUT2D eigenvalue weighted by Gasteiger charge is 2.23. The Bertz CT molecular complexity index is 1710. The van der Waals surface area contributed by atoms with Gasteiger partial charge < -0.3 is 15.0 Å². The van der Waals surface area contributed by atoms with Crippen molar-refractivity contribution in [3.8, 4) is 28.3 Å². The average molecular weight is 546 g/mol. The lowest BCUT2D eigenvalue weighted by Gasteiger charge is -2.22. The van der Waals surface area contributed by atoms with E-state index < -0.39 is 0 Å². The fourth-order valence-corrected chi connectivity index (χ4v) is 5.87. The minimum Gasteiger partial charge on any atom is -0.507 e. The van der Waals surface area contributed by atoms with Crippen molar-refractivity contribution < 1.29 is 5.11 Å². The van der Waals surface area contributed by atoms with Gasteiger partial charge in [-0.1, -0.05) is 109 Å². The Morgan fingerprint density at radius 3 is 1.98 bits per heavy atom. The van der Waals surface area contributed by atoms with Crippen molar-refractivity contribution in [1.82, 2.24) is 9.55 Å². The first-order valence-electron chi connectivity index (χ1n) is 14.7. The van der Waals surface area contributed by atoms with E-state index in [1.165, 1.54) is 22.4 Å². The zero-order chi connectivity index (χ0) is 29.6. The van der Waals surface area contributed by atoms with E-state index >= 15 is 0 Å². The van der Waals surface area contributed by atoms with Gasteiger partial charge in [0.25, 0.3) is 0 Å². The molecule has 0 atom stereocenters. The van der Waals surface area contributed by atoms with Crippen LogP contribution in [0.25, 0.3) is 33.5 Å². The smallest absolute Gasteiger partial charge is 0.141 e. The SMILES string of the molecule is Cc1cc(Nc2c(C(C)C)cccc2C(C)C)c2nc(-c3ccccc3-c3cccc(C(C)(C)C)c3O)n(C)c2c1. The molecule has 1 aromatic heterocycles. The van der Waals surface area contributed by atoms with Gasteiger partial charge in [-0.25, -0.2) is 4.98 Å². The normalized spacial score (nSPS) is 12.1. The molecule has 4 nitrogen and oxygen atoms in total. The Morgan fingerprint density at radius 1 is 0.780 bits per heavy atom. The first kappa shape index (κ1) is 28.5. The summed E-state index contributed by atoms with van der Waals surface area (Å²) in [5.41, 5.74) is 11.5. The number of rotatable bonds is 6. The van der Waals surface area contributed by atoms with Crippen LogP contribution in [0.4, 0.5) is 11.4 Å². The topological polar surface area (TPSA) is 50.1 Å². The lowest BCUT2D eigenvalue weighted by Crippen LogP contribution is -2.11. The van der Waals surface area contributed by atoms with Gasteiger partial charge in [0, 0.05) is 23.9 Å². The Hall–Kier alpha value is -4.05. The Balaban J connectivity index is 1.71. The predicted molar refractivity (Wildman–Crippen MR) is 175 cm³/mol. The Labute approximate surface area is 245 Å². The van der Waals surface area contributed by atoms with Crippen molar-refractivity contribution in [2.75, 3.05) is 5.32 Å². The van der Waals surface area contributed by atoms with Crippen LogP contribution in [0.3, 0.4) is 0 Å². The second-order valence-corrected chi connectivity index (χ2v) is 12.9. The maximum absolute atomic E-state index is 11.4. The molecule has 212 valence electrons. The molecular weight excluding hydrogens is 502 g/mol. The van der Waals surface area contributed by atoms with Crippen LogP contribution in [-0.2, 0) is 12.5 Å². The summed E-state index contributed by atoms with van der Waals surface area (Å²) in [6, 6.07) is 25.3. The molecule has 0 aliphatic heterocycles. The van der Waals surface area contributed by atoms with Gasteiger partial charge in [0.05, 0.1) is 11.2 Å². The van der Waals surface area contributed by atoms with Gasteiger partial charge >= 0.3 is 0 Å². The van der Waals surface area contributed by atoms with E-state index in [-0.39, 0.29) is 5.41 Å². The average Bonchev–Trinajstić information content (AvgIpc) is 3.24. The highest BCUT2D eigenvalue weighted by Crippen LogP contribution is 2.43. The van der Waals surface area contributed by atoms with E-state index in [1.54, 1.807) is 0 Å². The maximum atomic E-state index is 11.4. The van der Waals surface area contributed by atoms with Gasteiger partial charge in [-0.05, 0) is 64.1 Å². The number of phenolic OH excluding ortho intramolecular Hbond substituents is 1. The molecule has 0 aliphatic carbocycles. The molecule has 2 N–H and O–H groups in total. The summed E-state index contributed by atoms with van der Waals surface area (Å²) in [4.78, 5) is 5.27. The van der Waals surface area contributed by atoms with Crippen LogP contribution in [-0.4, -0.2) is 14.7 Å². The first-order valence-corrected chi connectivity index (χ1v) is 14.7. The summed E-state index contributed by atoms with van der Waals surface area (Å²) in [5, 5.41) is 15.3. The minimum absolute atomic E-state index is 0.174. The molecule has 0 saturated carbocycles. The van der Waals surface area contributed by atoms with Gasteiger partial charge in [0.15, 0.2) is 0 Å². The molecule has 0 unspecified atom stereocenters. The number of nitrogens with one attached hydrogen (secondary N) is 1. The Kier molecular flexibility index (Phi) is 7.46. The van der Waals surface area contributed by atoms with E-state index in [9.17, 15) is 5.11 Å². The second-order valence-electron chi connectivity index (χ2n) is 12.9. The fourth-order valence-electron chi connectivity index (χ4n) is 5.87. The van der Waals surface area contributed by atoms with Crippen molar-refractivity contribution in [2.24, 2.45) is 7.05 Å². The lowest BCUT2D eigenvalue weighted by atomic mass is 9.84. The van der Waals surface area contributed by atoms with Gasteiger partial charge in [-0.15, -0.1) is 0 Å². The summed E-state index contributed by atoms with van der Waals surface area (Å²) in [7, 11) is 2.08. The third-order valence-corrected chi connectivity index (χ3v) is 8.07. The molecule has 0 spiro atoms. The third-order valence-electron chi connectivity index (χ3n) is 8.07. The minimum atomic E-state index is -0.174. The molecule has 0 fully saturated rings. The summed E-state index contributed by atoms with van der Waals surface area (Å²) in [5.74, 6) is 1.97. The molecule has 5 rings (SSSR count). The lowest BCUT2D eigenvalue weighted by molar-refractivity contribution is 0.448. The summed E-state index contributed by atoms with van der Waals surface area (Å²) >= 11 is 0. The molecule has 41 heavy (non-hydrogen) atoms. The number of imidazole rings is 1. The van der Waals surface area contributed by atoms with Crippen molar-refractivity contribution in [3.05, 3.63) is 95.1 Å². The number of aromatic nitrogens is 2. The van der Waals surface area contributed by atoms with Gasteiger partial charge in [-0.2, -0.15) is 0 Å². The van der Waals surface area contributed by atoms with Crippen LogP contribution in [0.5, 0.6) is 5.75 Å². The van der Waals surface area contributed by atoms with Gasteiger partial charge in [-0.3, -0.25) is 0 Å². The Morgan fingerprint density at radius 2 is 1.37 bits per heavy atom. The van der Waals surface area contributed by atoms with E-state index in [2.05, 4.69) is 115 Å². The fraction of sp³-hybridized carbons (Fsp3) is 0.324. The number of para-hydroxylation sites is 2. The third kappa shape index (κ3) is 5.24. The number of anilines is 2. The van der Waals surface area contributed by atoms with Gasteiger partial charge in [0.2, 0.25) is 0 Å². The van der Waals surface area contributed by atoms with Crippen molar-refractivity contribution in [2.45, 2.75) is 72.6 Å². The zero-order valence-electron chi connectivity index (χ0n) is 25.9. The quantitative estimate of drug-likeness (QED) is 0.223. The molecule has 0 bridgehead atoms. The van der Waals surface area contributed by atoms with Crippen LogP contribution in [0.2, 0.25) is 0 Å². The van der Waals surface area contributed by atoms with Crippen LogP contribution < -0.4 is 5.32 Å². The second kappa shape index (κ2) is 10.7. The van der Waals surface area contributed by atoms with E-state index in [4.69, 9.17) is 4.98 Å². The van der Waals surface area contributed by atoms with Crippen molar-refractivity contribution in [1.29, 1.82) is 0 Å². The van der Waals surface area contributed by atoms with Crippen LogP contribution >= 0.6 is 0 Å². The molecule has 0 radical (unpaired) electrons. The molecular formula is C37H43N3O. The van der Waals surface area contributed by atoms with Crippen LogP contribution in [0.1, 0.15) is 82.6 Å². The van der Waals surface area contributed by atoms with Crippen molar-refractivity contribution >= 4 is 22.4 Å². The number of aromatic hydroxyl groups is 1. The molecule has 1 heterocycles. The molecule has 0 saturated heterocycles. The number of nitrogens with zero attached hydrogens (tertiary/aromatic N) is 2. The highest BCUT2D eigenvalue weighted by atomic mass is 16.3. The number of hydrogen-bond acceptors (Lipinski definition) is 3. The molecule has 4 aromatic carbocycles.